The minimum absolute atomic E-state index is 0.0544. The van der Waals surface area contributed by atoms with Crippen molar-refractivity contribution in [1.29, 1.82) is 0 Å². The van der Waals surface area contributed by atoms with Gasteiger partial charge in [-0.15, -0.1) is 0 Å². The lowest BCUT2D eigenvalue weighted by Gasteiger charge is -2.33. The number of fused-ring (bicyclic) bond motifs is 1. The van der Waals surface area contributed by atoms with E-state index in [2.05, 4.69) is 6.92 Å². The largest absolute Gasteiger partial charge is 0.484 e. The third-order valence-corrected chi connectivity index (χ3v) is 4.48. The normalized spacial score (nSPS) is 21.3. The summed E-state index contributed by atoms with van der Waals surface area (Å²) < 4.78 is 5.63. The Labute approximate surface area is 125 Å². The van der Waals surface area contributed by atoms with Crippen LogP contribution < -0.4 is 4.74 Å². The molecule has 0 aromatic heterocycles. The first-order valence-electron chi connectivity index (χ1n) is 7.73. The number of ether oxygens (including phenoxy) is 1. The SMILES string of the molecule is C[C@H]1CCCCN1C(=O)COc1ccc2c(c1)CCC2=O. The fourth-order valence-corrected chi connectivity index (χ4v) is 3.22. The molecule has 0 spiro atoms. The Morgan fingerprint density at radius 3 is 3.00 bits per heavy atom. The number of carbonyl (C=O) groups is 2. The van der Waals surface area contributed by atoms with Crippen molar-refractivity contribution in [2.24, 2.45) is 0 Å². The molecular weight excluding hydrogens is 266 g/mol. The molecule has 0 N–H and O–H groups in total. The highest BCUT2D eigenvalue weighted by Gasteiger charge is 2.24. The number of Topliss-reactive ketones (excluding diaryl/α,β-unsaturated/α-hetero) is 1. The fraction of sp³-hybridized carbons (Fsp3) is 0.529. The second-order valence-electron chi connectivity index (χ2n) is 5.96. The minimum Gasteiger partial charge on any atom is -0.484 e. The number of ketones is 1. The number of carbonyl (C=O) groups excluding carboxylic acids is 2. The molecule has 4 heteroatoms. The van der Waals surface area contributed by atoms with Gasteiger partial charge in [0.05, 0.1) is 0 Å². The maximum absolute atomic E-state index is 12.2. The number of amides is 1. The Kier molecular flexibility index (Phi) is 3.95. The van der Waals surface area contributed by atoms with Gasteiger partial charge in [0.25, 0.3) is 5.91 Å². The van der Waals surface area contributed by atoms with Crippen molar-refractivity contribution in [3.8, 4) is 5.75 Å². The molecule has 1 aromatic rings. The molecule has 0 saturated carbocycles. The summed E-state index contributed by atoms with van der Waals surface area (Å²) in [4.78, 5) is 25.7. The van der Waals surface area contributed by atoms with Crippen LogP contribution in [-0.4, -0.2) is 35.8 Å². The van der Waals surface area contributed by atoms with Gasteiger partial charge >= 0.3 is 0 Å². The number of likely N-dealkylation sites (tertiary alicyclic amines) is 1. The van der Waals surface area contributed by atoms with Crippen molar-refractivity contribution in [1.82, 2.24) is 4.90 Å². The second kappa shape index (κ2) is 5.88. The highest BCUT2D eigenvalue weighted by Crippen LogP contribution is 2.26. The average molecular weight is 287 g/mol. The molecule has 21 heavy (non-hydrogen) atoms. The molecule has 0 unspecified atom stereocenters. The monoisotopic (exact) mass is 287 g/mol. The predicted molar refractivity (Wildman–Crippen MR) is 79.6 cm³/mol. The summed E-state index contributed by atoms with van der Waals surface area (Å²) in [5.74, 6) is 0.940. The average Bonchev–Trinajstić information content (AvgIpc) is 2.86. The summed E-state index contributed by atoms with van der Waals surface area (Å²) in [6, 6.07) is 5.81. The summed E-state index contributed by atoms with van der Waals surface area (Å²) in [6.07, 6.45) is 4.72. The molecule has 4 nitrogen and oxygen atoms in total. The van der Waals surface area contributed by atoms with E-state index in [1.807, 2.05) is 17.0 Å². The lowest BCUT2D eigenvalue weighted by Crippen LogP contribution is -2.44. The zero-order valence-electron chi connectivity index (χ0n) is 12.4. The molecule has 1 saturated heterocycles. The van der Waals surface area contributed by atoms with Crippen molar-refractivity contribution in [3.63, 3.8) is 0 Å². The molecule has 1 amide bonds. The molecule has 112 valence electrons. The second-order valence-corrected chi connectivity index (χ2v) is 5.96. The zero-order chi connectivity index (χ0) is 14.8. The number of hydrogen-bond donors (Lipinski definition) is 0. The number of piperidine rings is 1. The zero-order valence-corrected chi connectivity index (χ0v) is 12.4. The van der Waals surface area contributed by atoms with Crippen LogP contribution in [0.1, 0.15) is 48.5 Å². The Bertz CT molecular complexity index is 567. The van der Waals surface area contributed by atoms with E-state index in [4.69, 9.17) is 4.74 Å². The Morgan fingerprint density at radius 1 is 1.33 bits per heavy atom. The van der Waals surface area contributed by atoms with Crippen LogP contribution in [0.5, 0.6) is 5.75 Å². The Hall–Kier alpha value is -1.84. The minimum atomic E-state index is 0.0544. The molecule has 1 aliphatic carbocycles. The third kappa shape index (κ3) is 2.94. The molecule has 1 aliphatic heterocycles. The summed E-state index contributed by atoms with van der Waals surface area (Å²) >= 11 is 0. The summed E-state index contributed by atoms with van der Waals surface area (Å²) in [5.41, 5.74) is 1.84. The van der Waals surface area contributed by atoms with Crippen LogP contribution in [0.4, 0.5) is 0 Å². The quantitative estimate of drug-likeness (QED) is 0.858. The fourth-order valence-electron chi connectivity index (χ4n) is 3.22. The highest BCUT2D eigenvalue weighted by molar-refractivity contribution is 6.00. The van der Waals surface area contributed by atoms with E-state index in [-0.39, 0.29) is 18.3 Å². The lowest BCUT2D eigenvalue weighted by atomic mass is 10.0. The van der Waals surface area contributed by atoms with Crippen LogP contribution in [0.3, 0.4) is 0 Å². The maximum atomic E-state index is 12.2. The van der Waals surface area contributed by atoms with E-state index in [0.29, 0.717) is 18.2 Å². The van der Waals surface area contributed by atoms with Gasteiger partial charge < -0.3 is 9.64 Å². The summed E-state index contributed by atoms with van der Waals surface area (Å²) in [6.45, 7) is 3.01. The first-order valence-corrected chi connectivity index (χ1v) is 7.73. The molecule has 1 atom stereocenters. The van der Waals surface area contributed by atoms with Crippen LogP contribution in [0, 0.1) is 0 Å². The van der Waals surface area contributed by atoms with Gasteiger partial charge in [0, 0.05) is 24.6 Å². The van der Waals surface area contributed by atoms with Crippen molar-refractivity contribution in [2.45, 2.75) is 45.1 Å². The summed E-state index contributed by atoms with van der Waals surface area (Å²) in [7, 11) is 0. The molecule has 1 heterocycles. The van der Waals surface area contributed by atoms with Crippen molar-refractivity contribution < 1.29 is 14.3 Å². The van der Waals surface area contributed by atoms with E-state index in [9.17, 15) is 9.59 Å². The first-order chi connectivity index (χ1) is 10.1. The third-order valence-electron chi connectivity index (χ3n) is 4.48. The van der Waals surface area contributed by atoms with E-state index in [1.165, 1.54) is 6.42 Å². The Morgan fingerprint density at radius 2 is 2.19 bits per heavy atom. The number of aryl methyl sites for hydroxylation is 1. The number of nitrogens with zero attached hydrogens (tertiary/aromatic N) is 1. The van der Waals surface area contributed by atoms with Crippen molar-refractivity contribution >= 4 is 11.7 Å². The highest BCUT2D eigenvalue weighted by atomic mass is 16.5. The Balaban J connectivity index is 1.60. The maximum Gasteiger partial charge on any atom is 0.260 e. The van der Waals surface area contributed by atoms with Crippen LogP contribution >= 0.6 is 0 Å². The van der Waals surface area contributed by atoms with Gasteiger partial charge in [-0.1, -0.05) is 0 Å². The topological polar surface area (TPSA) is 46.6 Å². The standard InChI is InChI=1S/C17H21NO3/c1-12-4-2-3-9-18(12)17(20)11-21-14-6-7-15-13(10-14)5-8-16(15)19/h6-7,10,12H,2-5,8-9,11H2,1H3/t12-/m0/s1. The van der Waals surface area contributed by atoms with E-state index < -0.39 is 0 Å². The van der Waals surface area contributed by atoms with Gasteiger partial charge in [0.1, 0.15) is 5.75 Å². The number of hydrogen-bond acceptors (Lipinski definition) is 3. The van der Waals surface area contributed by atoms with Crippen LogP contribution in [-0.2, 0) is 11.2 Å². The van der Waals surface area contributed by atoms with Crippen LogP contribution in [0.15, 0.2) is 18.2 Å². The smallest absolute Gasteiger partial charge is 0.260 e. The van der Waals surface area contributed by atoms with Gasteiger partial charge in [-0.25, -0.2) is 0 Å². The van der Waals surface area contributed by atoms with Gasteiger partial charge in [-0.05, 0) is 56.4 Å². The van der Waals surface area contributed by atoms with Gasteiger partial charge in [-0.3, -0.25) is 9.59 Å². The molecule has 2 aliphatic rings. The van der Waals surface area contributed by atoms with Crippen molar-refractivity contribution in [3.05, 3.63) is 29.3 Å². The number of rotatable bonds is 3. The van der Waals surface area contributed by atoms with Crippen LogP contribution in [0.25, 0.3) is 0 Å². The molecule has 0 bridgehead atoms. The van der Waals surface area contributed by atoms with Gasteiger partial charge in [-0.2, -0.15) is 0 Å². The lowest BCUT2D eigenvalue weighted by molar-refractivity contribution is -0.136. The number of benzene rings is 1. The molecule has 3 rings (SSSR count). The predicted octanol–water partition coefficient (Wildman–Crippen LogP) is 2.60. The van der Waals surface area contributed by atoms with Gasteiger partial charge in [0.15, 0.2) is 12.4 Å². The first kappa shape index (κ1) is 14.1. The van der Waals surface area contributed by atoms with E-state index in [1.54, 1.807) is 6.07 Å². The van der Waals surface area contributed by atoms with E-state index in [0.717, 1.165) is 36.9 Å². The molecular formula is C17H21NO3. The molecule has 1 aromatic carbocycles. The molecule has 0 radical (unpaired) electrons. The van der Waals surface area contributed by atoms with Crippen LogP contribution in [0.2, 0.25) is 0 Å². The molecule has 1 fully saturated rings. The van der Waals surface area contributed by atoms with Crippen molar-refractivity contribution in [2.75, 3.05) is 13.2 Å². The van der Waals surface area contributed by atoms with E-state index >= 15 is 0 Å². The summed E-state index contributed by atoms with van der Waals surface area (Å²) in [5, 5.41) is 0. The van der Waals surface area contributed by atoms with Gasteiger partial charge in [0.2, 0.25) is 0 Å².